The molecule has 3 heteroatoms. The average molecular weight is 778 g/mol. The Kier molecular flexibility index (Phi) is 8.17. The van der Waals surface area contributed by atoms with Crippen LogP contribution in [0, 0.1) is 0 Å². The Bertz CT molecular complexity index is 3560. The van der Waals surface area contributed by atoms with Crippen molar-refractivity contribution in [3.63, 3.8) is 0 Å². The minimum atomic E-state index is 1.08. The van der Waals surface area contributed by atoms with Crippen LogP contribution in [-0.4, -0.2) is 9.13 Å². The van der Waals surface area contributed by atoms with Gasteiger partial charge in [-0.2, -0.15) is 0 Å². The topological polar surface area (TPSA) is 13.1 Å². The molecule has 0 atom stereocenters. The predicted molar refractivity (Wildman–Crippen MR) is 258 cm³/mol. The van der Waals surface area contributed by atoms with Crippen LogP contribution in [0.5, 0.6) is 0 Å². The van der Waals surface area contributed by atoms with Crippen LogP contribution in [-0.2, 0) is 0 Å². The van der Waals surface area contributed by atoms with Gasteiger partial charge in [-0.05, 0) is 88.3 Å². The first-order chi connectivity index (χ1) is 30.3. The lowest BCUT2D eigenvalue weighted by Gasteiger charge is -2.28. The molecule has 0 spiro atoms. The minimum absolute atomic E-state index is 1.08. The van der Waals surface area contributed by atoms with Gasteiger partial charge in [-0.25, -0.2) is 0 Å². The van der Waals surface area contributed by atoms with Crippen molar-refractivity contribution >= 4 is 71.4 Å². The Morgan fingerprint density at radius 3 is 1.54 bits per heavy atom. The summed E-state index contributed by atoms with van der Waals surface area (Å²) >= 11 is 0. The van der Waals surface area contributed by atoms with Gasteiger partial charge in [0.25, 0.3) is 0 Å². The van der Waals surface area contributed by atoms with Gasteiger partial charge in [-0.1, -0.05) is 176 Å². The number of nitrogens with zero attached hydrogens (tertiary/aromatic N) is 3. The zero-order chi connectivity index (χ0) is 40.3. The summed E-state index contributed by atoms with van der Waals surface area (Å²) in [6.07, 6.45) is 0. The highest BCUT2D eigenvalue weighted by molar-refractivity contribution is 6.17. The maximum absolute atomic E-state index is 2.50. The van der Waals surface area contributed by atoms with Crippen molar-refractivity contribution in [2.24, 2.45) is 0 Å². The fraction of sp³-hybridized carbons (Fsp3) is 0. The maximum atomic E-state index is 2.50. The number of rotatable bonds is 7. The van der Waals surface area contributed by atoms with E-state index in [-0.39, 0.29) is 0 Å². The van der Waals surface area contributed by atoms with Gasteiger partial charge in [0, 0.05) is 44.0 Å². The van der Waals surface area contributed by atoms with Crippen LogP contribution in [0.25, 0.3) is 88.0 Å². The van der Waals surface area contributed by atoms with Crippen LogP contribution in [0.1, 0.15) is 0 Å². The number of benzene rings is 10. The van der Waals surface area contributed by atoms with E-state index in [0.29, 0.717) is 0 Å². The van der Waals surface area contributed by atoms with Gasteiger partial charge < -0.3 is 14.0 Å². The third kappa shape index (κ3) is 5.66. The van der Waals surface area contributed by atoms with E-state index in [9.17, 15) is 0 Å². The van der Waals surface area contributed by atoms with E-state index in [1.165, 1.54) is 65.6 Å². The van der Waals surface area contributed by atoms with Crippen LogP contribution in [0.4, 0.5) is 17.1 Å². The largest absolute Gasteiger partial charge is 0.309 e. The van der Waals surface area contributed by atoms with Gasteiger partial charge in [-0.15, -0.1) is 0 Å². The van der Waals surface area contributed by atoms with Crippen molar-refractivity contribution < 1.29 is 0 Å². The summed E-state index contributed by atoms with van der Waals surface area (Å²) in [5, 5.41) is 7.31. The van der Waals surface area contributed by atoms with Gasteiger partial charge in [0.15, 0.2) is 0 Å². The number of para-hydroxylation sites is 4. The summed E-state index contributed by atoms with van der Waals surface area (Å²) < 4.78 is 4.91. The molecular formula is C58H39N3. The number of hydrogen-bond donors (Lipinski definition) is 0. The van der Waals surface area contributed by atoms with Crippen LogP contribution < -0.4 is 4.90 Å². The molecule has 0 bridgehead atoms. The highest BCUT2D eigenvalue weighted by atomic mass is 15.2. The second-order valence-corrected chi connectivity index (χ2v) is 15.7. The molecule has 0 aliphatic rings. The first-order valence-corrected chi connectivity index (χ1v) is 20.9. The first-order valence-electron chi connectivity index (χ1n) is 20.9. The molecule has 0 amide bonds. The molecular weight excluding hydrogens is 739 g/mol. The molecule has 3 nitrogen and oxygen atoms in total. The molecule has 61 heavy (non-hydrogen) atoms. The fourth-order valence-electron chi connectivity index (χ4n) is 9.59. The van der Waals surface area contributed by atoms with Crippen molar-refractivity contribution in [3.05, 3.63) is 237 Å². The molecule has 0 fully saturated rings. The van der Waals surface area contributed by atoms with Gasteiger partial charge in [0.05, 0.1) is 33.4 Å². The van der Waals surface area contributed by atoms with E-state index in [0.717, 1.165) is 39.5 Å². The van der Waals surface area contributed by atoms with Crippen LogP contribution in [0.2, 0.25) is 0 Å². The monoisotopic (exact) mass is 777 g/mol. The van der Waals surface area contributed by atoms with Gasteiger partial charge >= 0.3 is 0 Å². The maximum Gasteiger partial charge on any atom is 0.0782 e. The molecule has 12 rings (SSSR count). The normalized spacial score (nSPS) is 11.6. The molecule has 0 saturated heterocycles. The lowest BCUT2D eigenvalue weighted by Crippen LogP contribution is -2.12. The smallest absolute Gasteiger partial charge is 0.0782 e. The van der Waals surface area contributed by atoms with Crippen molar-refractivity contribution in [3.8, 4) is 33.6 Å². The van der Waals surface area contributed by atoms with Gasteiger partial charge in [0.1, 0.15) is 0 Å². The van der Waals surface area contributed by atoms with Crippen molar-refractivity contribution in [2.45, 2.75) is 0 Å². The summed E-state index contributed by atoms with van der Waals surface area (Å²) in [5.41, 5.74) is 15.0. The molecule has 2 heterocycles. The van der Waals surface area contributed by atoms with E-state index in [1.54, 1.807) is 0 Å². The molecule has 10 aromatic carbocycles. The Morgan fingerprint density at radius 1 is 0.295 bits per heavy atom. The zero-order valence-corrected chi connectivity index (χ0v) is 33.4. The van der Waals surface area contributed by atoms with E-state index in [4.69, 9.17) is 0 Å². The highest BCUT2D eigenvalue weighted by Gasteiger charge is 2.24. The van der Waals surface area contributed by atoms with Crippen LogP contribution >= 0.6 is 0 Å². The SMILES string of the molecule is c1ccc(-c2ccc(N(c3ccc4c5ccccc5n(-c5ccccc5)c4c3)c3cccc4c5ccccc5n(-c5ccc(-c6ccccc6)c6ccccc56)c34)cc2)cc1. The molecule has 0 aliphatic heterocycles. The summed E-state index contributed by atoms with van der Waals surface area (Å²) in [7, 11) is 0. The molecule has 0 unspecified atom stereocenters. The third-order valence-corrected chi connectivity index (χ3v) is 12.3. The lowest BCUT2D eigenvalue weighted by molar-refractivity contribution is 1.17. The second kappa shape index (κ2) is 14.3. The van der Waals surface area contributed by atoms with Crippen LogP contribution in [0.3, 0.4) is 0 Å². The van der Waals surface area contributed by atoms with E-state index in [1.807, 2.05) is 0 Å². The van der Waals surface area contributed by atoms with E-state index in [2.05, 4.69) is 251 Å². The quantitative estimate of drug-likeness (QED) is 0.157. The van der Waals surface area contributed by atoms with E-state index >= 15 is 0 Å². The van der Waals surface area contributed by atoms with E-state index < -0.39 is 0 Å². The van der Waals surface area contributed by atoms with Crippen LogP contribution in [0.15, 0.2) is 237 Å². The molecule has 0 radical (unpaired) electrons. The molecule has 0 N–H and O–H groups in total. The Balaban J connectivity index is 1.16. The Morgan fingerprint density at radius 2 is 0.820 bits per heavy atom. The second-order valence-electron chi connectivity index (χ2n) is 15.7. The third-order valence-electron chi connectivity index (χ3n) is 12.3. The number of anilines is 3. The Labute approximate surface area is 354 Å². The van der Waals surface area contributed by atoms with Crippen molar-refractivity contribution in [2.75, 3.05) is 4.90 Å². The van der Waals surface area contributed by atoms with Crippen molar-refractivity contribution in [1.29, 1.82) is 0 Å². The summed E-state index contributed by atoms with van der Waals surface area (Å²) in [5.74, 6) is 0. The first kappa shape index (κ1) is 34.9. The predicted octanol–water partition coefficient (Wildman–Crippen LogP) is 15.8. The molecule has 12 aromatic rings. The van der Waals surface area contributed by atoms with Crippen molar-refractivity contribution in [1.82, 2.24) is 9.13 Å². The standard InChI is InChI=1S/C58H39N3/c1-4-17-40(18-5-1)41-31-33-44(34-32-41)59(45-35-36-51-49-25-12-14-28-53(49)60(57(51)39-45)43-21-8-3-9-22-43)56-30-16-27-52-50-26-13-15-29-54(50)61(58(52)56)55-38-37-46(42-19-6-2-7-20-42)47-23-10-11-24-48(47)55/h1-39H. The lowest BCUT2D eigenvalue weighted by atomic mass is 9.97. The fourth-order valence-corrected chi connectivity index (χ4v) is 9.59. The molecule has 2 aromatic heterocycles. The molecule has 0 saturated carbocycles. The minimum Gasteiger partial charge on any atom is -0.309 e. The van der Waals surface area contributed by atoms with Gasteiger partial charge in [-0.3, -0.25) is 0 Å². The highest BCUT2D eigenvalue weighted by Crippen LogP contribution is 2.46. The Hall–Kier alpha value is -8.14. The van der Waals surface area contributed by atoms with Gasteiger partial charge in [0.2, 0.25) is 0 Å². The number of hydrogen-bond acceptors (Lipinski definition) is 1. The molecule has 286 valence electrons. The summed E-state index contributed by atoms with van der Waals surface area (Å²) in [6, 6.07) is 86.0. The summed E-state index contributed by atoms with van der Waals surface area (Å²) in [6.45, 7) is 0. The summed E-state index contributed by atoms with van der Waals surface area (Å²) in [4.78, 5) is 2.46. The molecule has 0 aliphatic carbocycles. The number of aromatic nitrogens is 2. The zero-order valence-electron chi connectivity index (χ0n) is 33.4. The average Bonchev–Trinajstić information content (AvgIpc) is 3.85. The number of fused-ring (bicyclic) bond motifs is 7.